The molecule has 0 aromatic carbocycles. The molecule has 1 N–H and O–H groups in total. The number of nitrogens with one attached hydrogen (secondary N) is 1. The van der Waals surface area contributed by atoms with Crippen LogP contribution in [0.2, 0.25) is 0 Å². The molecule has 3 unspecified atom stereocenters. The molecule has 16 heavy (non-hydrogen) atoms. The average Bonchev–Trinajstić information content (AvgIpc) is 2.20. The van der Waals surface area contributed by atoms with Crippen molar-refractivity contribution in [2.24, 2.45) is 11.3 Å². The molecule has 0 heterocycles. The smallest absolute Gasteiger partial charge is 0.0615 e. The highest BCUT2D eigenvalue weighted by atomic mass is 16.5. The highest BCUT2D eigenvalue weighted by Crippen LogP contribution is 2.38. The summed E-state index contributed by atoms with van der Waals surface area (Å²) >= 11 is 0. The quantitative estimate of drug-likeness (QED) is 0.778. The van der Waals surface area contributed by atoms with E-state index in [4.69, 9.17) is 4.74 Å². The zero-order chi connectivity index (χ0) is 12.2. The van der Waals surface area contributed by atoms with Crippen molar-refractivity contribution in [3.8, 4) is 0 Å². The van der Waals surface area contributed by atoms with Crippen LogP contribution in [0, 0.1) is 11.3 Å². The van der Waals surface area contributed by atoms with Crippen molar-refractivity contribution in [1.82, 2.24) is 5.32 Å². The second-order valence-electron chi connectivity index (χ2n) is 6.22. The minimum absolute atomic E-state index is 0.527. The molecule has 0 saturated heterocycles. The Hall–Kier alpha value is -0.0800. The summed E-state index contributed by atoms with van der Waals surface area (Å²) in [7, 11) is 1.79. The maximum atomic E-state index is 5.25. The first-order valence-corrected chi connectivity index (χ1v) is 6.73. The van der Waals surface area contributed by atoms with Crippen LogP contribution in [0.25, 0.3) is 0 Å². The number of hydrogen-bond acceptors (Lipinski definition) is 2. The van der Waals surface area contributed by atoms with Crippen LogP contribution in [0.4, 0.5) is 0 Å². The van der Waals surface area contributed by atoms with Crippen LogP contribution in [0.5, 0.6) is 0 Å². The van der Waals surface area contributed by atoms with Crippen molar-refractivity contribution < 1.29 is 4.74 Å². The second kappa shape index (κ2) is 6.02. The molecule has 0 aromatic rings. The Bertz CT molecular complexity index is 203. The predicted octanol–water partition coefficient (Wildman–Crippen LogP) is 3.22. The number of rotatable bonds is 5. The fourth-order valence-corrected chi connectivity index (χ4v) is 2.98. The molecule has 2 nitrogen and oxygen atoms in total. The summed E-state index contributed by atoms with van der Waals surface area (Å²) in [6.07, 6.45) is 5.15. The van der Waals surface area contributed by atoms with Gasteiger partial charge in [0, 0.05) is 19.2 Å². The average molecular weight is 227 g/mol. The topological polar surface area (TPSA) is 21.3 Å². The molecular weight excluding hydrogens is 198 g/mol. The van der Waals surface area contributed by atoms with E-state index in [1.807, 2.05) is 0 Å². The van der Waals surface area contributed by atoms with Crippen LogP contribution in [0.1, 0.15) is 53.4 Å². The van der Waals surface area contributed by atoms with Crippen molar-refractivity contribution in [3.05, 3.63) is 0 Å². The Kier molecular flexibility index (Phi) is 5.26. The van der Waals surface area contributed by atoms with Gasteiger partial charge in [-0.25, -0.2) is 0 Å². The fraction of sp³-hybridized carbons (Fsp3) is 1.00. The molecule has 1 aliphatic carbocycles. The third-order valence-electron chi connectivity index (χ3n) is 4.00. The highest BCUT2D eigenvalue weighted by molar-refractivity contribution is 4.88. The van der Waals surface area contributed by atoms with Gasteiger partial charge in [-0.15, -0.1) is 0 Å². The molecule has 0 radical (unpaired) electrons. The van der Waals surface area contributed by atoms with Gasteiger partial charge in [-0.1, -0.05) is 27.7 Å². The van der Waals surface area contributed by atoms with Crippen LogP contribution in [-0.2, 0) is 4.74 Å². The van der Waals surface area contributed by atoms with E-state index in [0.29, 0.717) is 17.5 Å². The Morgan fingerprint density at radius 1 is 1.44 bits per heavy atom. The molecule has 2 heteroatoms. The predicted molar refractivity (Wildman–Crippen MR) is 69.7 cm³/mol. The van der Waals surface area contributed by atoms with Crippen molar-refractivity contribution in [3.63, 3.8) is 0 Å². The third kappa shape index (κ3) is 4.06. The van der Waals surface area contributed by atoms with Gasteiger partial charge in [-0.05, 0) is 37.0 Å². The second-order valence-corrected chi connectivity index (χ2v) is 6.22. The number of ether oxygens (including phenoxy) is 1. The van der Waals surface area contributed by atoms with Crippen molar-refractivity contribution in [2.75, 3.05) is 13.7 Å². The number of methoxy groups -OCH3 is 1. The number of hydrogen-bond donors (Lipinski definition) is 1. The zero-order valence-electron chi connectivity index (χ0n) is 11.7. The van der Waals surface area contributed by atoms with E-state index in [1.54, 1.807) is 7.11 Å². The molecule has 1 fully saturated rings. The van der Waals surface area contributed by atoms with Crippen molar-refractivity contribution >= 4 is 0 Å². The molecule has 0 aromatic heterocycles. The lowest BCUT2D eigenvalue weighted by Gasteiger charge is -2.41. The monoisotopic (exact) mass is 227 g/mol. The zero-order valence-corrected chi connectivity index (χ0v) is 11.7. The normalized spacial score (nSPS) is 31.3. The van der Waals surface area contributed by atoms with Crippen LogP contribution >= 0.6 is 0 Å². The maximum Gasteiger partial charge on any atom is 0.0615 e. The van der Waals surface area contributed by atoms with E-state index in [1.165, 1.54) is 19.3 Å². The lowest BCUT2D eigenvalue weighted by Crippen LogP contribution is -2.47. The summed E-state index contributed by atoms with van der Waals surface area (Å²) in [5, 5.41) is 3.77. The van der Waals surface area contributed by atoms with Crippen molar-refractivity contribution in [1.29, 1.82) is 0 Å². The summed E-state index contributed by atoms with van der Waals surface area (Å²) in [6.45, 7) is 10.2. The van der Waals surface area contributed by atoms with Crippen LogP contribution in [0.3, 0.4) is 0 Å². The molecule has 3 atom stereocenters. The lowest BCUT2D eigenvalue weighted by molar-refractivity contribution is 0.113. The first kappa shape index (κ1) is 14.0. The van der Waals surface area contributed by atoms with Gasteiger partial charge in [0.1, 0.15) is 0 Å². The maximum absolute atomic E-state index is 5.25. The fourth-order valence-electron chi connectivity index (χ4n) is 2.98. The molecule has 0 spiro atoms. The van der Waals surface area contributed by atoms with Crippen molar-refractivity contribution in [2.45, 2.75) is 65.5 Å². The Morgan fingerprint density at radius 2 is 2.12 bits per heavy atom. The summed E-state index contributed by atoms with van der Waals surface area (Å²) in [5.74, 6) is 0.787. The summed E-state index contributed by atoms with van der Waals surface area (Å²) < 4.78 is 5.25. The SMILES string of the molecule is CCC(COC)NC1CCC(C)(C)CC1C. The van der Waals surface area contributed by atoms with Gasteiger partial charge >= 0.3 is 0 Å². The molecular formula is C14H29NO. The first-order valence-electron chi connectivity index (χ1n) is 6.73. The Morgan fingerprint density at radius 3 is 2.62 bits per heavy atom. The van der Waals surface area contributed by atoms with E-state index in [-0.39, 0.29) is 0 Å². The van der Waals surface area contributed by atoms with E-state index >= 15 is 0 Å². The van der Waals surface area contributed by atoms with Crippen LogP contribution in [0.15, 0.2) is 0 Å². The largest absolute Gasteiger partial charge is 0.383 e. The molecule has 0 amide bonds. The van der Waals surface area contributed by atoms with Gasteiger partial charge in [0.15, 0.2) is 0 Å². The molecule has 0 bridgehead atoms. The van der Waals surface area contributed by atoms with Gasteiger partial charge in [-0.2, -0.15) is 0 Å². The van der Waals surface area contributed by atoms with E-state index in [0.717, 1.165) is 18.9 Å². The Labute approximate surface area is 101 Å². The minimum Gasteiger partial charge on any atom is -0.383 e. The standard InChI is InChI=1S/C14H29NO/c1-6-12(10-16-5)15-13-7-8-14(3,4)9-11(13)2/h11-13,15H,6-10H2,1-5H3. The molecule has 1 rings (SSSR count). The molecule has 1 saturated carbocycles. The van der Waals surface area contributed by atoms with Gasteiger partial charge in [0.2, 0.25) is 0 Å². The van der Waals surface area contributed by atoms with Crippen LogP contribution < -0.4 is 5.32 Å². The van der Waals surface area contributed by atoms with Gasteiger partial charge in [0.25, 0.3) is 0 Å². The highest BCUT2D eigenvalue weighted by Gasteiger charge is 2.32. The van der Waals surface area contributed by atoms with Gasteiger partial charge < -0.3 is 10.1 Å². The minimum atomic E-state index is 0.527. The van der Waals surface area contributed by atoms with Gasteiger partial charge in [0.05, 0.1) is 6.61 Å². The summed E-state index contributed by atoms with van der Waals surface area (Å²) in [4.78, 5) is 0. The lowest BCUT2D eigenvalue weighted by atomic mass is 9.70. The van der Waals surface area contributed by atoms with E-state index in [9.17, 15) is 0 Å². The van der Waals surface area contributed by atoms with E-state index < -0.39 is 0 Å². The third-order valence-corrected chi connectivity index (χ3v) is 4.00. The molecule has 0 aliphatic heterocycles. The van der Waals surface area contributed by atoms with Gasteiger partial charge in [-0.3, -0.25) is 0 Å². The van der Waals surface area contributed by atoms with E-state index in [2.05, 4.69) is 33.0 Å². The summed E-state index contributed by atoms with van der Waals surface area (Å²) in [5.41, 5.74) is 0.542. The van der Waals surface area contributed by atoms with Crippen LogP contribution in [-0.4, -0.2) is 25.8 Å². The molecule has 1 aliphatic rings. The molecule has 96 valence electrons. The Balaban J connectivity index is 2.43. The summed E-state index contributed by atoms with van der Waals surface area (Å²) in [6, 6.07) is 1.21. The first-order chi connectivity index (χ1) is 7.48.